The average molecular weight is 460 g/mol. The number of carbonyl (C=O) groups is 2. The van der Waals surface area contributed by atoms with Crippen molar-refractivity contribution >= 4 is 21.7 Å². The zero-order valence-corrected chi connectivity index (χ0v) is 19.3. The zero-order valence-electron chi connectivity index (χ0n) is 18.5. The van der Waals surface area contributed by atoms with Gasteiger partial charge in [-0.2, -0.15) is 0 Å². The Kier molecular flexibility index (Phi) is 5.78. The van der Waals surface area contributed by atoms with Crippen LogP contribution >= 0.6 is 0 Å². The van der Waals surface area contributed by atoms with E-state index in [2.05, 4.69) is 10.9 Å². The molecule has 1 unspecified atom stereocenters. The van der Waals surface area contributed by atoms with E-state index in [1.165, 1.54) is 19.3 Å². The number of hydrogen-bond acceptors (Lipinski definition) is 5. The van der Waals surface area contributed by atoms with Gasteiger partial charge in [0.1, 0.15) is 6.04 Å². The molecule has 1 aliphatic heterocycles. The van der Waals surface area contributed by atoms with Crippen LogP contribution in [0.1, 0.15) is 56.6 Å². The maximum Gasteiger partial charge on any atom is 0.260 e. The molecule has 1 saturated heterocycles. The predicted molar refractivity (Wildman–Crippen MR) is 121 cm³/mol. The second kappa shape index (κ2) is 8.45. The molecule has 4 saturated carbocycles. The third-order valence-corrected chi connectivity index (χ3v) is 9.74. The first kappa shape index (κ1) is 21.9. The van der Waals surface area contributed by atoms with Gasteiger partial charge in [-0.25, -0.2) is 8.42 Å². The Hall–Kier alpha value is -1.93. The number of nitrogens with zero attached hydrogens (tertiary/aromatic N) is 1. The Morgan fingerprint density at radius 3 is 2.06 bits per heavy atom. The Balaban J connectivity index is 1.22. The molecular formula is C24H33N3O4S. The Bertz CT molecular complexity index is 929. The van der Waals surface area contributed by atoms with Crippen LogP contribution in [0.15, 0.2) is 30.3 Å². The third kappa shape index (κ3) is 4.57. The number of benzene rings is 1. The van der Waals surface area contributed by atoms with Gasteiger partial charge in [0.2, 0.25) is 5.91 Å². The number of carbonyl (C=O) groups excluding carboxylic acids is 2. The van der Waals surface area contributed by atoms with Gasteiger partial charge in [0.15, 0.2) is 9.84 Å². The molecule has 1 atom stereocenters. The lowest BCUT2D eigenvalue weighted by atomic mass is 9.49. The van der Waals surface area contributed by atoms with E-state index in [0.29, 0.717) is 19.5 Å². The van der Waals surface area contributed by atoms with Gasteiger partial charge in [-0.3, -0.25) is 25.3 Å². The minimum absolute atomic E-state index is 0.0436. The second-order valence-corrected chi connectivity index (χ2v) is 12.9. The minimum atomic E-state index is -3.05. The van der Waals surface area contributed by atoms with E-state index < -0.39 is 15.9 Å². The van der Waals surface area contributed by atoms with Gasteiger partial charge in [-0.05, 0) is 67.3 Å². The zero-order chi connectivity index (χ0) is 22.3. The highest BCUT2D eigenvalue weighted by Crippen LogP contribution is 2.61. The average Bonchev–Trinajstić information content (AvgIpc) is 2.73. The van der Waals surface area contributed by atoms with Crippen molar-refractivity contribution in [3.63, 3.8) is 0 Å². The molecule has 0 aromatic heterocycles. The maximum absolute atomic E-state index is 13.2. The van der Waals surface area contributed by atoms with Crippen molar-refractivity contribution < 1.29 is 18.0 Å². The number of amides is 2. The van der Waals surface area contributed by atoms with Gasteiger partial charge in [0.25, 0.3) is 5.91 Å². The SMILES string of the molecule is O=C(CC12CC3CC(CC(C3)C1)C2)NNC(=O)C(c1ccccc1)N1CCS(=O)(=O)CC1. The van der Waals surface area contributed by atoms with E-state index in [9.17, 15) is 18.0 Å². The molecule has 4 aliphatic carbocycles. The fourth-order valence-corrected chi connectivity index (χ4v) is 8.47. The van der Waals surface area contributed by atoms with E-state index in [4.69, 9.17) is 0 Å². The lowest BCUT2D eigenvalue weighted by Crippen LogP contribution is -2.53. The number of hydrazine groups is 1. The molecule has 32 heavy (non-hydrogen) atoms. The molecule has 1 heterocycles. The highest BCUT2D eigenvalue weighted by Gasteiger charge is 2.51. The van der Waals surface area contributed by atoms with E-state index in [1.54, 1.807) is 0 Å². The fraction of sp³-hybridized carbons (Fsp3) is 0.667. The molecule has 1 aromatic carbocycles. The van der Waals surface area contributed by atoms with Crippen molar-refractivity contribution in [2.24, 2.45) is 23.2 Å². The molecule has 4 bridgehead atoms. The Morgan fingerprint density at radius 1 is 0.938 bits per heavy atom. The monoisotopic (exact) mass is 459 g/mol. The molecule has 7 nitrogen and oxygen atoms in total. The fourth-order valence-electron chi connectivity index (χ4n) is 7.24. The summed E-state index contributed by atoms with van der Waals surface area (Å²) in [7, 11) is -3.05. The summed E-state index contributed by atoms with van der Waals surface area (Å²) in [5, 5.41) is 0. The molecule has 174 valence electrons. The molecule has 1 aromatic rings. The van der Waals surface area contributed by atoms with Crippen LogP contribution in [0.25, 0.3) is 0 Å². The van der Waals surface area contributed by atoms with Crippen molar-refractivity contribution in [3.8, 4) is 0 Å². The van der Waals surface area contributed by atoms with Crippen molar-refractivity contribution in [2.75, 3.05) is 24.6 Å². The second-order valence-electron chi connectivity index (χ2n) is 10.6. The summed E-state index contributed by atoms with van der Waals surface area (Å²) >= 11 is 0. The van der Waals surface area contributed by atoms with Crippen LogP contribution < -0.4 is 10.9 Å². The first-order valence-electron chi connectivity index (χ1n) is 11.9. The Labute approximate surface area is 190 Å². The van der Waals surface area contributed by atoms with Crippen molar-refractivity contribution in [1.29, 1.82) is 0 Å². The number of rotatable bonds is 5. The summed E-state index contributed by atoms with van der Waals surface area (Å²) in [6.07, 6.45) is 7.93. The van der Waals surface area contributed by atoms with Crippen LogP contribution in [0.3, 0.4) is 0 Å². The van der Waals surface area contributed by atoms with Crippen LogP contribution in [0.2, 0.25) is 0 Å². The van der Waals surface area contributed by atoms with Crippen LogP contribution in [0.4, 0.5) is 0 Å². The first-order valence-corrected chi connectivity index (χ1v) is 13.7. The molecule has 8 heteroatoms. The van der Waals surface area contributed by atoms with Crippen LogP contribution in [-0.2, 0) is 19.4 Å². The van der Waals surface area contributed by atoms with Gasteiger partial charge in [-0.15, -0.1) is 0 Å². The van der Waals surface area contributed by atoms with Gasteiger partial charge in [0.05, 0.1) is 11.5 Å². The first-order chi connectivity index (χ1) is 15.3. The summed E-state index contributed by atoms with van der Waals surface area (Å²) in [5.41, 5.74) is 6.24. The molecule has 6 rings (SSSR count). The largest absolute Gasteiger partial charge is 0.286 e. The molecule has 0 radical (unpaired) electrons. The highest BCUT2D eigenvalue weighted by atomic mass is 32.2. The van der Waals surface area contributed by atoms with Crippen LogP contribution in [0.5, 0.6) is 0 Å². The molecular weight excluding hydrogens is 426 g/mol. The summed E-state index contributed by atoms with van der Waals surface area (Å²) in [6.45, 7) is 0.604. The number of sulfone groups is 1. The lowest BCUT2D eigenvalue weighted by Gasteiger charge is -2.56. The van der Waals surface area contributed by atoms with Crippen LogP contribution in [-0.4, -0.2) is 49.7 Å². The van der Waals surface area contributed by atoms with Gasteiger partial charge in [-0.1, -0.05) is 30.3 Å². The maximum atomic E-state index is 13.2. The van der Waals surface area contributed by atoms with E-state index >= 15 is 0 Å². The summed E-state index contributed by atoms with van der Waals surface area (Å²) in [5.74, 6) is 1.98. The van der Waals surface area contributed by atoms with Gasteiger partial charge >= 0.3 is 0 Å². The number of hydrogen-bond donors (Lipinski definition) is 2. The Morgan fingerprint density at radius 2 is 1.50 bits per heavy atom. The quantitative estimate of drug-likeness (QED) is 0.659. The third-order valence-electron chi connectivity index (χ3n) is 8.13. The van der Waals surface area contributed by atoms with Crippen molar-refractivity contribution in [3.05, 3.63) is 35.9 Å². The smallest absolute Gasteiger partial charge is 0.260 e. The number of nitrogens with one attached hydrogen (secondary N) is 2. The standard InChI is InChI=1S/C24H33N3O4S/c28-21(16-24-13-17-10-18(14-24)12-19(11-17)15-24)25-26-23(29)22(20-4-2-1-3-5-20)27-6-8-32(30,31)9-7-27/h1-5,17-19,22H,6-16H2,(H,25,28)(H,26,29). The normalized spacial score (nSPS) is 34.1. The van der Waals surface area contributed by atoms with E-state index in [1.807, 2.05) is 35.2 Å². The molecule has 2 amide bonds. The topological polar surface area (TPSA) is 95.6 Å². The van der Waals surface area contributed by atoms with Gasteiger partial charge < -0.3 is 0 Å². The molecule has 0 spiro atoms. The summed E-state index contributed by atoms with van der Waals surface area (Å²) < 4.78 is 23.7. The van der Waals surface area contributed by atoms with E-state index in [-0.39, 0.29) is 28.7 Å². The predicted octanol–water partition coefficient (Wildman–Crippen LogP) is 2.21. The van der Waals surface area contributed by atoms with E-state index in [0.717, 1.165) is 42.6 Å². The van der Waals surface area contributed by atoms with Crippen LogP contribution in [0, 0.1) is 23.2 Å². The summed E-state index contributed by atoms with van der Waals surface area (Å²) in [6, 6.07) is 8.71. The molecule has 5 aliphatic rings. The highest BCUT2D eigenvalue weighted by molar-refractivity contribution is 7.91. The van der Waals surface area contributed by atoms with Crippen molar-refractivity contribution in [2.45, 2.75) is 51.0 Å². The minimum Gasteiger partial charge on any atom is -0.286 e. The molecule has 2 N–H and O–H groups in total. The lowest BCUT2D eigenvalue weighted by molar-refractivity contribution is -0.136. The van der Waals surface area contributed by atoms with Gasteiger partial charge in [0, 0.05) is 19.5 Å². The molecule has 5 fully saturated rings. The summed E-state index contributed by atoms with van der Waals surface area (Å²) in [4.78, 5) is 27.9. The van der Waals surface area contributed by atoms with Crippen molar-refractivity contribution in [1.82, 2.24) is 15.8 Å².